The van der Waals surface area contributed by atoms with Gasteiger partial charge in [-0.1, -0.05) is 0 Å². The minimum atomic E-state index is -3.95. The molecule has 0 amide bonds. The van der Waals surface area contributed by atoms with Crippen LogP contribution in [0.25, 0.3) is 0 Å². The second kappa shape index (κ2) is 5.65. The number of carbonyl (C=O) groups excluding carboxylic acids is 1. The molecule has 0 heterocycles. The molecule has 0 aliphatic rings. The largest absolute Gasteiger partial charge is 0.497 e. The van der Waals surface area contributed by atoms with Crippen LogP contribution in [0.5, 0.6) is 5.75 Å². The van der Waals surface area contributed by atoms with Crippen molar-refractivity contribution in [3.63, 3.8) is 0 Å². The van der Waals surface area contributed by atoms with Gasteiger partial charge < -0.3 is 9.47 Å². The molecule has 1 aromatic rings. The van der Waals surface area contributed by atoms with Gasteiger partial charge in [0.1, 0.15) is 5.75 Å². The van der Waals surface area contributed by atoms with Gasteiger partial charge in [0, 0.05) is 0 Å². The molecule has 0 spiro atoms. The number of carbonyl (C=O) groups is 1. The Kier molecular flexibility index (Phi) is 4.47. The highest BCUT2D eigenvalue weighted by Crippen LogP contribution is 2.17. The number of hydrogen-bond acceptors (Lipinski definition) is 6. The maximum Gasteiger partial charge on any atom is 0.333 e. The van der Waals surface area contributed by atoms with E-state index in [1.807, 2.05) is 0 Å². The molecule has 94 valence electrons. The number of esters is 1. The van der Waals surface area contributed by atoms with Crippen molar-refractivity contribution < 1.29 is 26.9 Å². The summed E-state index contributed by atoms with van der Waals surface area (Å²) in [6.07, 6.45) is 0. The molecule has 0 aliphatic carbocycles. The lowest BCUT2D eigenvalue weighted by atomic mass is 10.3. The summed E-state index contributed by atoms with van der Waals surface area (Å²) in [4.78, 5) is 10.7. The minimum absolute atomic E-state index is 0.0535. The van der Waals surface area contributed by atoms with Crippen LogP contribution in [0.15, 0.2) is 29.2 Å². The first kappa shape index (κ1) is 13.5. The lowest BCUT2D eigenvalue weighted by molar-refractivity contribution is -0.142. The van der Waals surface area contributed by atoms with Gasteiger partial charge in [0.2, 0.25) is 0 Å². The van der Waals surface area contributed by atoms with Crippen molar-refractivity contribution in [2.45, 2.75) is 4.90 Å². The first-order valence-corrected chi connectivity index (χ1v) is 6.00. The zero-order valence-corrected chi connectivity index (χ0v) is 10.2. The van der Waals surface area contributed by atoms with Gasteiger partial charge in [0.25, 0.3) is 10.1 Å². The van der Waals surface area contributed by atoms with Crippen molar-refractivity contribution in [1.29, 1.82) is 0 Å². The molecule has 17 heavy (non-hydrogen) atoms. The Morgan fingerprint density at radius 1 is 1.18 bits per heavy atom. The third-order valence-corrected chi connectivity index (χ3v) is 3.19. The monoisotopic (exact) mass is 260 g/mol. The summed E-state index contributed by atoms with van der Waals surface area (Å²) in [5.41, 5.74) is 0. The summed E-state index contributed by atoms with van der Waals surface area (Å²) in [6.45, 7) is -0.648. The van der Waals surface area contributed by atoms with E-state index in [-0.39, 0.29) is 4.90 Å². The Bertz CT molecular complexity index is 476. The van der Waals surface area contributed by atoms with Crippen molar-refractivity contribution >= 4 is 16.1 Å². The number of methoxy groups -OCH3 is 2. The molecule has 0 radical (unpaired) electrons. The molecule has 6 nitrogen and oxygen atoms in total. The molecule has 0 aromatic heterocycles. The van der Waals surface area contributed by atoms with Crippen molar-refractivity contribution in [1.82, 2.24) is 0 Å². The molecule has 0 N–H and O–H groups in total. The summed E-state index contributed by atoms with van der Waals surface area (Å²) >= 11 is 0. The number of rotatable bonds is 5. The standard InChI is InChI=1S/C10H12O6S/c1-14-8-3-5-9(6-4-8)17(12,13)16-7-10(11)15-2/h3-6H,7H2,1-2H3. The Morgan fingerprint density at radius 2 is 1.76 bits per heavy atom. The molecule has 1 aromatic carbocycles. The fourth-order valence-electron chi connectivity index (χ4n) is 0.995. The molecule has 0 saturated carbocycles. The zero-order valence-electron chi connectivity index (χ0n) is 9.37. The van der Waals surface area contributed by atoms with Gasteiger partial charge in [0.15, 0.2) is 6.61 Å². The molecule has 0 bridgehead atoms. The molecule has 0 saturated heterocycles. The van der Waals surface area contributed by atoms with Gasteiger partial charge in [-0.25, -0.2) is 4.79 Å². The number of benzene rings is 1. The number of ether oxygens (including phenoxy) is 2. The summed E-state index contributed by atoms with van der Waals surface area (Å²) in [7, 11) is -1.33. The smallest absolute Gasteiger partial charge is 0.333 e. The van der Waals surface area contributed by atoms with Gasteiger partial charge in [-0.15, -0.1) is 0 Å². The Labute approximate surface area is 99.2 Å². The molecule has 0 aliphatic heterocycles. The molecule has 0 fully saturated rings. The maximum absolute atomic E-state index is 11.6. The van der Waals surface area contributed by atoms with Gasteiger partial charge in [-0.2, -0.15) is 8.42 Å². The summed E-state index contributed by atoms with van der Waals surface area (Å²) in [5, 5.41) is 0. The van der Waals surface area contributed by atoms with Crippen molar-refractivity contribution in [2.75, 3.05) is 20.8 Å². The van der Waals surface area contributed by atoms with Gasteiger partial charge in [0.05, 0.1) is 19.1 Å². The molecular weight excluding hydrogens is 248 g/mol. The normalized spacial score (nSPS) is 10.9. The van der Waals surface area contributed by atoms with Crippen molar-refractivity contribution in [3.8, 4) is 5.75 Å². The molecule has 1 rings (SSSR count). The predicted octanol–water partition coefficient (Wildman–Crippen LogP) is 0.573. The third-order valence-electron chi connectivity index (χ3n) is 1.91. The molecule has 0 atom stereocenters. The van der Waals surface area contributed by atoms with Gasteiger partial charge in [-0.3, -0.25) is 4.18 Å². The van der Waals surface area contributed by atoms with Crippen LogP contribution in [0.4, 0.5) is 0 Å². The lowest BCUT2D eigenvalue weighted by Crippen LogP contribution is -2.15. The van der Waals surface area contributed by atoms with E-state index in [1.54, 1.807) is 0 Å². The Morgan fingerprint density at radius 3 is 2.24 bits per heavy atom. The minimum Gasteiger partial charge on any atom is -0.497 e. The quantitative estimate of drug-likeness (QED) is 0.569. The third kappa shape index (κ3) is 3.72. The number of hydrogen-bond donors (Lipinski definition) is 0. The van der Waals surface area contributed by atoms with Gasteiger partial charge >= 0.3 is 5.97 Å². The SMILES string of the molecule is COC(=O)COS(=O)(=O)c1ccc(OC)cc1. The summed E-state index contributed by atoms with van der Waals surface area (Å²) in [6, 6.07) is 5.61. The average Bonchev–Trinajstić information content (AvgIpc) is 2.36. The van der Waals surface area contributed by atoms with Crippen LogP contribution in [0.2, 0.25) is 0 Å². The molecule has 0 unspecified atom stereocenters. The highest BCUT2D eigenvalue weighted by molar-refractivity contribution is 7.86. The highest BCUT2D eigenvalue weighted by Gasteiger charge is 2.17. The van der Waals surface area contributed by atoms with E-state index in [4.69, 9.17) is 4.74 Å². The van der Waals surface area contributed by atoms with Crippen LogP contribution in [0.3, 0.4) is 0 Å². The van der Waals surface area contributed by atoms with Crippen LogP contribution in [-0.4, -0.2) is 35.2 Å². The van der Waals surface area contributed by atoms with Crippen LogP contribution in [0.1, 0.15) is 0 Å². The maximum atomic E-state index is 11.6. The topological polar surface area (TPSA) is 78.9 Å². The van der Waals surface area contributed by atoms with Crippen LogP contribution < -0.4 is 4.74 Å². The van der Waals surface area contributed by atoms with Crippen LogP contribution in [-0.2, 0) is 23.8 Å². The fourth-order valence-corrected chi connectivity index (χ4v) is 1.85. The van der Waals surface area contributed by atoms with Crippen LogP contribution >= 0.6 is 0 Å². The van der Waals surface area contributed by atoms with Gasteiger partial charge in [-0.05, 0) is 24.3 Å². The first-order chi connectivity index (χ1) is 7.99. The van der Waals surface area contributed by atoms with E-state index < -0.39 is 22.7 Å². The highest BCUT2D eigenvalue weighted by atomic mass is 32.2. The fraction of sp³-hybridized carbons (Fsp3) is 0.300. The summed E-state index contributed by atoms with van der Waals surface area (Å²) in [5.74, 6) is -0.237. The average molecular weight is 260 g/mol. The zero-order chi connectivity index (χ0) is 12.9. The van der Waals surface area contributed by atoms with Crippen LogP contribution in [0, 0.1) is 0 Å². The van der Waals surface area contributed by atoms with E-state index in [2.05, 4.69) is 8.92 Å². The molecule has 7 heteroatoms. The van der Waals surface area contributed by atoms with E-state index in [0.717, 1.165) is 7.11 Å². The Balaban J connectivity index is 2.78. The molecular formula is C10H12O6S. The predicted molar refractivity (Wildman–Crippen MR) is 58.1 cm³/mol. The van der Waals surface area contributed by atoms with E-state index in [0.29, 0.717) is 5.75 Å². The Hall–Kier alpha value is -1.60. The van der Waals surface area contributed by atoms with E-state index in [1.165, 1.54) is 31.4 Å². The van der Waals surface area contributed by atoms with Crippen molar-refractivity contribution in [3.05, 3.63) is 24.3 Å². The van der Waals surface area contributed by atoms with E-state index >= 15 is 0 Å². The van der Waals surface area contributed by atoms with Crippen molar-refractivity contribution in [2.24, 2.45) is 0 Å². The second-order valence-electron chi connectivity index (χ2n) is 2.97. The first-order valence-electron chi connectivity index (χ1n) is 4.60. The summed E-state index contributed by atoms with van der Waals surface area (Å²) < 4.78 is 36.8. The lowest BCUT2D eigenvalue weighted by Gasteiger charge is -2.05. The second-order valence-corrected chi connectivity index (χ2v) is 4.58. The van der Waals surface area contributed by atoms with E-state index in [9.17, 15) is 13.2 Å².